The van der Waals surface area contributed by atoms with Crippen LogP contribution in [0.3, 0.4) is 0 Å². The van der Waals surface area contributed by atoms with Gasteiger partial charge in [0, 0.05) is 24.0 Å². The molecule has 1 aliphatic heterocycles. The van der Waals surface area contributed by atoms with Crippen LogP contribution in [0.5, 0.6) is 5.75 Å². The van der Waals surface area contributed by atoms with Crippen LogP contribution in [0.15, 0.2) is 59.4 Å². The van der Waals surface area contributed by atoms with E-state index in [0.717, 1.165) is 11.3 Å². The minimum absolute atomic E-state index is 0.0917. The summed E-state index contributed by atoms with van der Waals surface area (Å²) in [6.45, 7) is 2.38. The number of para-hydroxylation sites is 2. The average molecular weight is 321 g/mol. The first kappa shape index (κ1) is 14.4. The molecule has 0 fully saturated rings. The Balaban J connectivity index is 1.68. The van der Waals surface area contributed by atoms with E-state index in [9.17, 15) is 4.79 Å². The van der Waals surface area contributed by atoms with Gasteiger partial charge in [0.1, 0.15) is 12.4 Å². The summed E-state index contributed by atoms with van der Waals surface area (Å²) in [5, 5.41) is 3.94. The Hall–Kier alpha value is -3.15. The number of hydrogen-bond donors (Lipinski definition) is 0. The van der Waals surface area contributed by atoms with Gasteiger partial charge in [-0.05, 0) is 31.2 Å². The topological polar surface area (TPSA) is 68.5 Å². The summed E-state index contributed by atoms with van der Waals surface area (Å²) in [5.41, 5.74) is 1.78. The van der Waals surface area contributed by atoms with E-state index < -0.39 is 0 Å². The maximum Gasteiger partial charge on any atom is 0.280 e. The average Bonchev–Trinajstić information content (AvgIpc) is 3.12. The van der Waals surface area contributed by atoms with E-state index in [1.807, 2.05) is 37.3 Å². The van der Waals surface area contributed by atoms with Gasteiger partial charge in [0.25, 0.3) is 5.91 Å². The fourth-order valence-corrected chi connectivity index (χ4v) is 2.75. The van der Waals surface area contributed by atoms with Crippen molar-refractivity contribution in [3.05, 3.63) is 60.6 Å². The van der Waals surface area contributed by atoms with E-state index in [0.29, 0.717) is 18.1 Å². The lowest BCUT2D eigenvalue weighted by molar-refractivity contribution is 0.0952. The lowest BCUT2D eigenvalue weighted by Crippen LogP contribution is -2.45. The summed E-state index contributed by atoms with van der Waals surface area (Å²) in [7, 11) is 0. The number of rotatable bonds is 2. The fourth-order valence-electron chi connectivity index (χ4n) is 2.75. The Morgan fingerprint density at radius 1 is 1.25 bits per heavy atom. The Labute approximate surface area is 138 Å². The van der Waals surface area contributed by atoms with Crippen molar-refractivity contribution in [3.63, 3.8) is 0 Å². The number of aromatic nitrogens is 2. The van der Waals surface area contributed by atoms with Crippen molar-refractivity contribution in [1.82, 2.24) is 10.1 Å². The van der Waals surface area contributed by atoms with Crippen LogP contribution in [0.4, 0.5) is 5.69 Å². The molecule has 4 rings (SSSR count). The highest BCUT2D eigenvalue weighted by molar-refractivity contribution is 6.06. The Morgan fingerprint density at radius 2 is 2.12 bits per heavy atom. The molecule has 0 spiro atoms. The number of hydrogen-bond acceptors (Lipinski definition) is 5. The quantitative estimate of drug-likeness (QED) is 0.725. The second kappa shape index (κ2) is 5.81. The summed E-state index contributed by atoms with van der Waals surface area (Å²) in [6.07, 6.45) is 3.35. The molecule has 120 valence electrons. The Bertz CT molecular complexity index is 876. The predicted octanol–water partition coefficient (Wildman–Crippen LogP) is 3.16. The van der Waals surface area contributed by atoms with Gasteiger partial charge in [-0.25, -0.2) is 0 Å². The van der Waals surface area contributed by atoms with Crippen LogP contribution in [-0.2, 0) is 0 Å². The highest BCUT2D eigenvalue weighted by atomic mass is 16.5. The summed E-state index contributed by atoms with van der Waals surface area (Å²) in [6, 6.07) is 12.7. The third kappa shape index (κ3) is 2.42. The highest BCUT2D eigenvalue weighted by Gasteiger charge is 2.31. The van der Waals surface area contributed by atoms with E-state index in [1.165, 1.54) is 0 Å². The van der Waals surface area contributed by atoms with E-state index in [1.54, 1.807) is 29.4 Å². The van der Waals surface area contributed by atoms with Crippen molar-refractivity contribution in [2.24, 2.45) is 0 Å². The molecule has 2 aromatic heterocycles. The Morgan fingerprint density at radius 3 is 2.96 bits per heavy atom. The minimum Gasteiger partial charge on any atom is -0.489 e. The third-order valence-corrected chi connectivity index (χ3v) is 3.94. The molecule has 0 saturated heterocycles. The van der Waals surface area contributed by atoms with Crippen molar-refractivity contribution in [2.75, 3.05) is 11.5 Å². The lowest BCUT2D eigenvalue weighted by atomic mass is 10.1. The van der Waals surface area contributed by atoms with Crippen molar-refractivity contribution in [1.29, 1.82) is 0 Å². The predicted molar refractivity (Wildman–Crippen MR) is 87.9 cm³/mol. The smallest absolute Gasteiger partial charge is 0.280 e. The first-order valence-corrected chi connectivity index (χ1v) is 7.66. The zero-order valence-corrected chi connectivity index (χ0v) is 13.0. The maximum absolute atomic E-state index is 12.9. The zero-order chi connectivity index (χ0) is 16.5. The van der Waals surface area contributed by atoms with Crippen LogP contribution in [0, 0.1) is 0 Å². The number of carbonyl (C=O) groups is 1. The summed E-state index contributed by atoms with van der Waals surface area (Å²) < 4.78 is 11.0. The van der Waals surface area contributed by atoms with Gasteiger partial charge in [0.2, 0.25) is 0 Å². The fraction of sp³-hybridized carbons (Fsp3) is 0.167. The molecule has 0 bridgehead atoms. The van der Waals surface area contributed by atoms with Gasteiger partial charge in [-0.15, -0.1) is 0 Å². The number of ether oxygens (including phenoxy) is 1. The van der Waals surface area contributed by atoms with Gasteiger partial charge in [0.05, 0.1) is 11.7 Å². The molecule has 24 heavy (non-hydrogen) atoms. The molecular weight excluding hydrogens is 306 g/mol. The van der Waals surface area contributed by atoms with Gasteiger partial charge in [-0.1, -0.05) is 17.3 Å². The monoisotopic (exact) mass is 321 g/mol. The first-order valence-electron chi connectivity index (χ1n) is 7.66. The molecule has 6 nitrogen and oxygen atoms in total. The number of nitrogens with zero attached hydrogens (tertiary/aromatic N) is 3. The van der Waals surface area contributed by atoms with Gasteiger partial charge in [0.15, 0.2) is 11.5 Å². The van der Waals surface area contributed by atoms with E-state index in [4.69, 9.17) is 9.26 Å². The SMILES string of the molecule is CC1COc2ccccc2N1C(=O)c1cc(-c2cccnc2)on1. The molecule has 1 aliphatic rings. The molecule has 1 unspecified atom stereocenters. The number of carbonyl (C=O) groups excluding carboxylic acids is 1. The number of anilines is 1. The van der Waals surface area contributed by atoms with Gasteiger partial charge in [-0.2, -0.15) is 0 Å². The van der Waals surface area contributed by atoms with E-state index >= 15 is 0 Å². The van der Waals surface area contributed by atoms with Crippen molar-refractivity contribution in [3.8, 4) is 17.1 Å². The van der Waals surface area contributed by atoms with Crippen LogP contribution in [0.25, 0.3) is 11.3 Å². The molecule has 0 aliphatic carbocycles. The molecule has 3 heterocycles. The number of pyridine rings is 1. The maximum atomic E-state index is 12.9. The van der Waals surface area contributed by atoms with Gasteiger partial charge >= 0.3 is 0 Å². The molecule has 3 aromatic rings. The summed E-state index contributed by atoms with van der Waals surface area (Å²) >= 11 is 0. The van der Waals surface area contributed by atoms with Gasteiger partial charge in [-0.3, -0.25) is 14.7 Å². The molecule has 1 atom stereocenters. The van der Waals surface area contributed by atoms with Crippen molar-refractivity contribution >= 4 is 11.6 Å². The second-order valence-electron chi connectivity index (χ2n) is 5.62. The largest absolute Gasteiger partial charge is 0.489 e. The van der Waals surface area contributed by atoms with Crippen LogP contribution in [0.1, 0.15) is 17.4 Å². The number of fused-ring (bicyclic) bond motifs is 1. The van der Waals surface area contributed by atoms with Crippen LogP contribution >= 0.6 is 0 Å². The highest BCUT2D eigenvalue weighted by Crippen LogP contribution is 2.34. The Kier molecular flexibility index (Phi) is 3.49. The van der Waals surface area contributed by atoms with Crippen molar-refractivity contribution < 1.29 is 14.1 Å². The van der Waals surface area contributed by atoms with Crippen molar-refractivity contribution in [2.45, 2.75) is 13.0 Å². The standard InChI is InChI=1S/C18H15N3O3/c1-12-11-23-16-7-3-2-6-15(16)21(12)18(22)14-9-17(24-20-14)13-5-4-8-19-10-13/h2-10,12H,11H2,1H3. The lowest BCUT2D eigenvalue weighted by Gasteiger charge is -2.34. The molecule has 1 amide bonds. The molecular formula is C18H15N3O3. The first-order chi connectivity index (χ1) is 11.7. The zero-order valence-electron chi connectivity index (χ0n) is 13.0. The van der Waals surface area contributed by atoms with Crippen LogP contribution in [0.2, 0.25) is 0 Å². The molecule has 0 radical (unpaired) electrons. The van der Waals surface area contributed by atoms with Crippen LogP contribution in [-0.4, -0.2) is 28.7 Å². The minimum atomic E-state index is -0.211. The summed E-state index contributed by atoms with van der Waals surface area (Å²) in [5.74, 6) is 0.998. The second-order valence-corrected chi connectivity index (χ2v) is 5.62. The molecule has 1 aromatic carbocycles. The molecule has 0 saturated carbocycles. The molecule has 0 N–H and O–H groups in total. The van der Waals surface area contributed by atoms with Crippen LogP contribution < -0.4 is 9.64 Å². The normalized spacial score (nSPS) is 16.4. The number of benzene rings is 1. The molecule has 6 heteroatoms. The van der Waals surface area contributed by atoms with Gasteiger partial charge < -0.3 is 9.26 Å². The third-order valence-electron chi connectivity index (χ3n) is 3.94. The van der Waals surface area contributed by atoms with E-state index in [-0.39, 0.29) is 17.6 Å². The number of amides is 1. The summed E-state index contributed by atoms with van der Waals surface area (Å²) in [4.78, 5) is 18.7. The van der Waals surface area contributed by atoms with E-state index in [2.05, 4.69) is 10.1 Å².